The molecule has 0 amide bonds. The fraction of sp³-hybridized carbons (Fsp3) is 0.200. The van der Waals surface area contributed by atoms with Gasteiger partial charge in [0.2, 0.25) is 11.9 Å². The molecule has 2 N–H and O–H groups in total. The van der Waals surface area contributed by atoms with Crippen molar-refractivity contribution in [1.29, 1.82) is 0 Å². The van der Waals surface area contributed by atoms with Gasteiger partial charge in [0.1, 0.15) is 6.04 Å². The Morgan fingerprint density at radius 1 is 1.14 bits per heavy atom. The molecular formula is C20H18BrN7. The van der Waals surface area contributed by atoms with Gasteiger partial charge in [0.05, 0.1) is 0 Å². The third-order valence-electron chi connectivity index (χ3n) is 5.11. The molecule has 0 saturated heterocycles. The lowest BCUT2D eigenvalue weighted by Gasteiger charge is -2.35. The summed E-state index contributed by atoms with van der Waals surface area (Å²) in [7, 11) is 1.81. The van der Waals surface area contributed by atoms with E-state index in [4.69, 9.17) is 0 Å². The van der Waals surface area contributed by atoms with Crippen molar-refractivity contribution in [2.24, 2.45) is 0 Å². The number of hydrogen-bond donors (Lipinski definition) is 2. The molecule has 1 unspecified atom stereocenters. The fourth-order valence-electron chi connectivity index (χ4n) is 3.87. The molecular weight excluding hydrogens is 418 g/mol. The maximum absolute atomic E-state index is 4.49. The second-order valence-electron chi connectivity index (χ2n) is 6.69. The van der Waals surface area contributed by atoms with E-state index in [0.717, 1.165) is 34.2 Å². The van der Waals surface area contributed by atoms with Crippen LogP contribution in [0.5, 0.6) is 0 Å². The molecule has 0 fully saturated rings. The molecule has 4 aromatic rings. The van der Waals surface area contributed by atoms with Gasteiger partial charge in [-0.15, -0.1) is 0 Å². The van der Waals surface area contributed by atoms with Gasteiger partial charge in [-0.25, -0.2) is 19.9 Å². The number of nitrogens with one attached hydrogen (secondary N) is 2. The van der Waals surface area contributed by atoms with Gasteiger partial charge in [-0.3, -0.25) is 0 Å². The molecule has 0 saturated carbocycles. The molecule has 1 aromatic carbocycles. The number of fused-ring (bicyclic) bond motifs is 3. The Bertz CT molecular complexity index is 1120. The number of hydrogen-bond acceptors (Lipinski definition) is 6. The minimum Gasteiger partial charge on any atom is -0.357 e. The Hall–Kier alpha value is -3.00. The molecule has 3 aromatic heterocycles. The SMILES string of the molecule is CNc1ncc(C2c3[nH]c4ccc(Br)cc4c3CCN2c2ncccn2)cn1. The van der Waals surface area contributed by atoms with Gasteiger partial charge >= 0.3 is 0 Å². The highest BCUT2D eigenvalue weighted by Gasteiger charge is 2.33. The Labute approximate surface area is 170 Å². The van der Waals surface area contributed by atoms with Gasteiger partial charge in [-0.1, -0.05) is 15.9 Å². The Morgan fingerprint density at radius 2 is 1.93 bits per heavy atom. The van der Waals surface area contributed by atoms with E-state index in [9.17, 15) is 0 Å². The molecule has 1 aliphatic heterocycles. The third kappa shape index (κ3) is 2.80. The molecule has 5 rings (SSSR count). The van der Waals surface area contributed by atoms with Gasteiger partial charge in [0.25, 0.3) is 0 Å². The zero-order valence-electron chi connectivity index (χ0n) is 15.2. The summed E-state index contributed by atoms with van der Waals surface area (Å²) in [6, 6.07) is 8.10. The molecule has 7 nitrogen and oxygen atoms in total. The lowest BCUT2D eigenvalue weighted by Crippen LogP contribution is -2.37. The molecule has 140 valence electrons. The van der Waals surface area contributed by atoms with Gasteiger partial charge in [0.15, 0.2) is 0 Å². The van der Waals surface area contributed by atoms with E-state index in [2.05, 4.69) is 69.3 Å². The number of aromatic amines is 1. The smallest absolute Gasteiger partial charge is 0.226 e. The summed E-state index contributed by atoms with van der Waals surface area (Å²) in [5.41, 5.74) is 4.60. The lowest BCUT2D eigenvalue weighted by atomic mass is 9.94. The first-order valence-electron chi connectivity index (χ1n) is 9.08. The highest BCUT2D eigenvalue weighted by atomic mass is 79.9. The predicted molar refractivity (Wildman–Crippen MR) is 113 cm³/mol. The third-order valence-corrected chi connectivity index (χ3v) is 5.60. The van der Waals surface area contributed by atoms with E-state index in [1.165, 1.54) is 10.9 Å². The van der Waals surface area contributed by atoms with Crippen LogP contribution in [-0.4, -0.2) is 38.5 Å². The molecule has 0 radical (unpaired) electrons. The van der Waals surface area contributed by atoms with Crippen LogP contribution < -0.4 is 10.2 Å². The maximum Gasteiger partial charge on any atom is 0.226 e. The van der Waals surface area contributed by atoms with Crippen LogP contribution in [0.2, 0.25) is 0 Å². The molecule has 0 spiro atoms. The van der Waals surface area contributed by atoms with Gasteiger partial charge in [-0.2, -0.15) is 0 Å². The minimum atomic E-state index is -0.0803. The van der Waals surface area contributed by atoms with Crippen molar-refractivity contribution in [2.75, 3.05) is 23.8 Å². The van der Waals surface area contributed by atoms with Crippen LogP contribution >= 0.6 is 15.9 Å². The first-order chi connectivity index (χ1) is 13.7. The van der Waals surface area contributed by atoms with Crippen LogP contribution in [0.4, 0.5) is 11.9 Å². The average Bonchev–Trinajstić information content (AvgIpc) is 3.11. The average molecular weight is 436 g/mol. The van der Waals surface area contributed by atoms with Crippen LogP contribution in [0.15, 0.2) is 53.5 Å². The number of aromatic nitrogens is 5. The van der Waals surface area contributed by atoms with Crippen molar-refractivity contribution in [3.8, 4) is 0 Å². The molecule has 1 aliphatic rings. The second kappa shape index (κ2) is 6.87. The molecule has 0 aliphatic carbocycles. The van der Waals surface area contributed by atoms with Crippen molar-refractivity contribution >= 4 is 38.7 Å². The van der Waals surface area contributed by atoms with E-state index in [0.29, 0.717) is 11.9 Å². The summed E-state index contributed by atoms with van der Waals surface area (Å²) in [5, 5.41) is 4.22. The van der Waals surface area contributed by atoms with Crippen LogP contribution in [0.1, 0.15) is 22.9 Å². The fourth-order valence-corrected chi connectivity index (χ4v) is 4.23. The zero-order chi connectivity index (χ0) is 19.1. The predicted octanol–water partition coefficient (Wildman–Crippen LogP) is 3.70. The first-order valence-corrected chi connectivity index (χ1v) is 9.87. The standard InChI is InChI=1S/C20H18BrN7/c1-22-19-25-10-12(11-26-19)18-17-14(15-9-13(21)3-4-16(15)27-17)5-8-28(18)20-23-6-2-7-24-20/h2-4,6-7,9-11,18,27H,5,8H2,1H3,(H,22,25,26). The topological polar surface area (TPSA) is 82.6 Å². The Balaban J connectivity index is 1.70. The van der Waals surface area contributed by atoms with Crippen molar-refractivity contribution in [2.45, 2.75) is 12.5 Å². The van der Waals surface area contributed by atoms with E-state index in [1.807, 2.05) is 25.5 Å². The van der Waals surface area contributed by atoms with E-state index in [1.54, 1.807) is 12.4 Å². The largest absolute Gasteiger partial charge is 0.357 e. The Morgan fingerprint density at radius 3 is 2.68 bits per heavy atom. The van der Waals surface area contributed by atoms with Crippen molar-refractivity contribution in [3.63, 3.8) is 0 Å². The number of halogens is 1. The molecule has 28 heavy (non-hydrogen) atoms. The summed E-state index contributed by atoms with van der Waals surface area (Å²) < 4.78 is 1.08. The zero-order valence-corrected chi connectivity index (χ0v) is 16.8. The molecule has 0 bridgehead atoms. The highest BCUT2D eigenvalue weighted by Crippen LogP contribution is 2.40. The van der Waals surface area contributed by atoms with Crippen molar-refractivity contribution in [1.82, 2.24) is 24.9 Å². The quantitative estimate of drug-likeness (QED) is 0.510. The van der Waals surface area contributed by atoms with Gasteiger partial charge < -0.3 is 15.2 Å². The summed E-state index contributed by atoms with van der Waals surface area (Å²) in [6.07, 6.45) is 8.21. The highest BCUT2D eigenvalue weighted by molar-refractivity contribution is 9.10. The van der Waals surface area contributed by atoms with E-state index < -0.39 is 0 Å². The summed E-state index contributed by atoms with van der Waals surface area (Å²) in [6.45, 7) is 0.814. The normalized spacial score (nSPS) is 16.2. The van der Waals surface area contributed by atoms with Gasteiger partial charge in [0, 0.05) is 65.0 Å². The molecule has 4 heterocycles. The number of H-pyrrole nitrogens is 1. The van der Waals surface area contributed by atoms with E-state index in [-0.39, 0.29) is 6.04 Å². The van der Waals surface area contributed by atoms with Crippen molar-refractivity contribution in [3.05, 3.63) is 70.3 Å². The number of benzene rings is 1. The number of nitrogens with zero attached hydrogens (tertiary/aromatic N) is 5. The lowest BCUT2D eigenvalue weighted by molar-refractivity contribution is 0.623. The minimum absolute atomic E-state index is 0.0803. The van der Waals surface area contributed by atoms with E-state index >= 15 is 0 Å². The number of anilines is 2. The number of rotatable bonds is 3. The van der Waals surface area contributed by atoms with Crippen LogP contribution in [0, 0.1) is 0 Å². The molecule has 8 heteroatoms. The van der Waals surface area contributed by atoms with Crippen LogP contribution in [-0.2, 0) is 6.42 Å². The van der Waals surface area contributed by atoms with Gasteiger partial charge in [-0.05, 0) is 36.2 Å². The van der Waals surface area contributed by atoms with Crippen LogP contribution in [0.25, 0.3) is 10.9 Å². The first kappa shape index (κ1) is 17.1. The summed E-state index contributed by atoms with van der Waals surface area (Å²) in [4.78, 5) is 23.7. The summed E-state index contributed by atoms with van der Waals surface area (Å²) >= 11 is 3.60. The Kier molecular flexibility index (Phi) is 4.20. The maximum atomic E-state index is 4.49. The second-order valence-corrected chi connectivity index (χ2v) is 7.61. The molecule has 1 atom stereocenters. The van der Waals surface area contributed by atoms with Crippen LogP contribution in [0.3, 0.4) is 0 Å². The summed E-state index contributed by atoms with van der Waals surface area (Å²) in [5.74, 6) is 1.30. The van der Waals surface area contributed by atoms with Crippen molar-refractivity contribution < 1.29 is 0 Å². The monoisotopic (exact) mass is 435 g/mol.